The number of rotatable bonds is 11. The summed E-state index contributed by atoms with van der Waals surface area (Å²) in [7, 11) is 0. The molecule has 2 unspecified atom stereocenters. The summed E-state index contributed by atoms with van der Waals surface area (Å²) in [5, 5.41) is 10.6. The van der Waals surface area contributed by atoms with Crippen LogP contribution in [0.4, 0.5) is 0 Å². The number of hydrogen-bond donors (Lipinski definition) is 1. The normalized spacial score (nSPS) is 16.9. The van der Waals surface area contributed by atoms with Gasteiger partial charge in [-0.15, -0.1) is 11.8 Å². The van der Waals surface area contributed by atoms with Crippen molar-refractivity contribution < 1.29 is 9.90 Å². The zero-order valence-corrected chi connectivity index (χ0v) is 24.4. The molecular weight excluding hydrogens is 527 g/mol. The molecule has 198 valence electrons. The maximum atomic E-state index is 12.9. The van der Waals surface area contributed by atoms with Gasteiger partial charge in [-0.05, 0) is 34.8 Å². The molecule has 0 bridgehead atoms. The number of thiocarbonyl (C=S) groups is 1. The van der Waals surface area contributed by atoms with Gasteiger partial charge in [-0.1, -0.05) is 141 Å². The van der Waals surface area contributed by atoms with Crippen LogP contribution in [0.3, 0.4) is 0 Å². The molecule has 3 aromatic carbocycles. The summed E-state index contributed by atoms with van der Waals surface area (Å²) in [6.07, 6.45) is 3.75. The Balaban J connectivity index is 1.46. The minimum Gasteiger partial charge on any atom is -0.389 e. The molecule has 0 radical (unpaired) electrons. The Morgan fingerprint density at radius 2 is 1.50 bits per heavy atom. The average Bonchev–Trinajstić information content (AvgIpc) is 3.34. The van der Waals surface area contributed by atoms with Gasteiger partial charge in [0.15, 0.2) is 0 Å². The third kappa shape index (κ3) is 6.60. The number of hydrogen-bond acceptors (Lipinski definition) is 5. The Kier molecular flexibility index (Phi) is 10.3. The molecule has 1 aliphatic heterocycles. The highest BCUT2D eigenvalue weighted by Gasteiger charge is 2.37. The lowest BCUT2D eigenvalue weighted by Crippen LogP contribution is -2.42. The van der Waals surface area contributed by atoms with Crippen LogP contribution in [-0.2, 0) is 9.54 Å². The fraction of sp³-hybridized carbons (Fsp3) is 0.312. The molecule has 0 spiro atoms. The van der Waals surface area contributed by atoms with Crippen LogP contribution in [0.1, 0.15) is 43.4 Å². The van der Waals surface area contributed by atoms with Crippen LogP contribution in [0.15, 0.2) is 103 Å². The molecule has 0 aliphatic carbocycles. The first kappa shape index (κ1) is 28.6. The number of amides is 1. The predicted molar refractivity (Wildman–Crippen MR) is 167 cm³/mol. The summed E-state index contributed by atoms with van der Waals surface area (Å²) >= 11 is 8.85. The van der Waals surface area contributed by atoms with Crippen molar-refractivity contribution >= 4 is 46.0 Å². The summed E-state index contributed by atoms with van der Waals surface area (Å²) in [5.74, 6) is 1.91. The van der Waals surface area contributed by atoms with E-state index in [2.05, 4.69) is 105 Å². The van der Waals surface area contributed by atoms with E-state index in [9.17, 15) is 9.90 Å². The van der Waals surface area contributed by atoms with Gasteiger partial charge in [0.1, 0.15) is 4.32 Å². The van der Waals surface area contributed by atoms with E-state index in [0.29, 0.717) is 10.2 Å². The monoisotopic (exact) mass is 561 g/mol. The van der Waals surface area contributed by atoms with Crippen LogP contribution in [0.2, 0.25) is 0 Å². The minimum atomic E-state index is -0.823. The van der Waals surface area contributed by atoms with E-state index in [0.717, 1.165) is 17.9 Å². The lowest BCUT2D eigenvalue weighted by Gasteiger charge is -2.35. The quantitative estimate of drug-likeness (QED) is 0.115. The smallest absolute Gasteiger partial charge is 0.231 e. The molecule has 0 saturated carbocycles. The van der Waals surface area contributed by atoms with Gasteiger partial charge >= 0.3 is 0 Å². The van der Waals surface area contributed by atoms with E-state index in [1.807, 2.05) is 17.8 Å². The zero-order chi connectivity index (χ0) is 27.0. The molecule has 1 saturated heterocycles. The number of aliphatic hydroxyl groups is 1. The van der Waals surface area contributed by atoms with Gasteiger partial charge in [0.2, 0.25) is 5.91 Å². The first-order valence-electron chi connectivity index (χ1n) is 13.1. The van der Waals surface area contributed by atoms with Gasteiger partial charge in [0.25, 0.3) is 0 Å². The number of benzene rings is 3. The maximum absolute atomic E-state index is 12.9. The molecule has 38 heavy (non-hydrogen) atoms. The van der Waals surface area contributed by atoms with Crippen molar-refractivity contribution in [2.45, 2.75) is 43.6 Å². The molecule has 3 nitrogen and oxygen atoms in total. The highest BCUT2D eigenvalue weighted by atomic mass is 32.2. The number of carbonyl (C=O) groups is 1. The molecule has 0 aromatic heterocycles. The molecule has 6 heteroatoms. The largest absolute Gasteiger partial charge is 0.389 e. The van der Waals surface area contributed by atoms with Crippen molar-refractivity contribution in [2.75, 3.05) is 11.5 Å². The van der Waals surface area contributed by atoms with E-state index >= 15 is 0 Å². The number of thioether (sulfide) groups is 2. The Bertz CT molecular complexity index is 1120. The topological polar surface area (TPSA) is 40.5 Å². The number of allylic oxidation sites excluding steroid dienone is 1. The summed E-state index contributed by atoms with van der Waals surface area (Å²) in [6, 6.07) is 32.0. The van der Waals surface area contributed by atoms with Gasteiger partial charge in [-0.25, -0.2) is 0 Å². The Morgan fingerprint density at radius 3 is 1.97 bits per heavy atom. The highest BCUT2D eigenvalue weighted by molar-refractivity contribution is 8.23. The van der Waals surface area contributed by atoms with Gasteiger partial charge in [0.05, 0.1) is 17.3 Å². The molecule has 1 aliphatic rings. The number of aliphatic hydroxyl groups excluding tert-OH is 1. The third-order valence-electron chi connectivity index (χ3n) is 6.83. The van der Waals surface area contributed by atoms with Gasteiger partial charge < -0.3 is 5.11 Å². The van der Waals surface area contributed by atoms with Gasteiger partial charge in [0, 0.05) is 11.8 Å². The van der Waals surface area contributed by atoms with E-state index in [1.54, 1.807) is 22.7 Å². The second kappa shape index (κ2) is 13.6. The minimum absolute atomic E-state index is 0.0511. The second-order valence-electron chi connectivity index (χ2n) is 9.77. The van der Waals surface area contributed by atoms with Crippen LogP contribution in [0.5, 0.6) is 0 Å². The predicted octanol–water partition coefficient (Wildman–Crippen LogP) is 7.29. The molecule has 1 heterocycles. The van der Waals surface area contributed by atoms with E-state index in [1.165, 1.54) is 16.7 Å². The SMILES string of the molecule is CC(C)C1CSC(=S)N1C(=O)CC(O)C=CCCSC(c1ccccc1)(c1ccccc1)c1ccccc1. The van der Waals surface area contributed by atoms with Crippen molar-refractivity contribution in [3.8, 4) is 0 Å². The fourth-order valence-corrected chi connectivity index (χ4v) is 7.99. The molecule has 4 rings (SSSR count). The summed E-state index contributed by atoms with van der Waals surface area (Å²) in [5.41, 5.74) is 3.70. The van der Waals surface area contributed by atoms with E-state index in [4.69, 9.17) is 12.2 Å². The van der Waals surface area contributed by atoms with Crippen molar-refractivity contribution in [1.82, 2.24) is 4.90 Å². The van der Waals surface area contributed by atoms with Crippen LogP contribution in [-0.4, -0.2) is 43.9 Å². The Hall–Kier alpha value is -2.38. The molecular formula is C32H35NO2S3. The van der Waals surface area contributed by atoms with Crippen LogP contribution < -0.4 is 0 Å². The molecule has 2 atom stereocenters. The van der Waals surface area contributed by atoms with Crippen molar-refractivity contribution in [2.24, 2.45) is 5.92 Å². The Labute approximate surface area is 240 Å². The number of carbonyl (C=O) groups excluding carboxylic acids is 1. The van der Waals surface area contributed by atoms with E-state index < -0.39 is 6.10 Å². The van der Waals surface area contributed by atoms with Crippen molar-refractivity contribution in [1.29, 1.82) is 0 Å². The van der Waals surface area contributed by atoms with Crippen LogP contribution >= 0.6 is 35.7 Å². The third-order valence-corrected chi connectivity index (χ3v) is 9.91. The standard InChI is InChI=1S/C32H35NO2S3/c1-24(2)29-23-37-31(36)33(29)30(35)22-28(34)20-12-13-21-38-32(25-14-6-3-7-15-25,26-16-8-4-9-17-26)27-18-10-5-11-19-27/h3-12,14-20,24,28-29,34H,13,21-23H2,1-2H3. The first-order valence-corrected chi connectivity index (χ1v) is 15.5. The van der Waals surface area contributed by atoms with Gasteiger partial charge in [-0.3, -0.25) is 9.69 Å². The molecule has 1 N–H and O–H groups in total. The lowest BCUT2D eigenvalue weighted by atomic mass is 9.84. The zero-order valence-electron chi connectivity index (χ0n) is 21.9. The van der Waals surface area contributed by atoms with Crippen LogP contribution in [0, 0.1) is 5.92 Å². The average molecular weight is 562 g/mol. The Morgan fingerprint density at radius 1 is 1.00 bits per heavy atom. The van der Waals surface area contributed by atoms with Crippen molar-refractivity contribution in [3.63, 3.8) is 0 Å². The maximum Gasteiger partial charge on any atom is 0.231 e. The van der Waals surface area contributed by atoms with Crippen LogP contribution in [0.25, 0.3) is 0 Å². The summed E-state index contributed by atoms with van der Waals surface area (Å²) in [4.78, 5) is 14.6. The molecule has 1 fully saturated rings. The van der Waals surface area contributed by atoms with Gasteiger partial charge in [-0.2, -0.15) is 0 Å². The molecule has 1 amide bonds. The summed E-state index contributed by atoms with van der Waals surface area (Å²) in [6.45, 7) is 4.21. The second-order valence-corrected chi connectivity index (χ2v) is 12.7. The first-order chi connectivity index (χ1) is 18.4. The molecule has 3 aromatic rings. The summed E-state index contributed by atoms with van der Waals surface area (Å²) < 4.78 is 0.265. The number of nitrogens with zero attached hydrogens (tertiary/aromatic N) is 1. The van der Waals surface area contributed by atoms with Crippen molar-refractivity contribution in [3.05, 3.63) is 120 Å². The fourth-order valence-electron chi connectivity index (χ4n) is 4.86. The lowest BCUT2D eigenvalue weighted by molar-refractivity contribution is -0.130. The van der Waals surface area contributed by atoms with E-state index in [-0.39, 0.29) is 23.1 Å². The highest BCUT2D eigenvalue weighted by Crippen LogP contribution is 2.48.